The molecule has 3 rings (SSSR count). The number of likely N-dealkylation sites (tertiary alicyclic amines) is 1. The summed E-state index contributed by atoms with van der Waals surface area (Å²) in [5, 5.41) is 0. The van der Waals surface area contributed by atoms with Crippen molar-refractivity contribution in [3.05, 3.63) is 34.3 Å². The molecule has 0 radical (unpaired) electrons. The number of halogens is 1. The predicted octanol–water partition coefficient (Wildman–Crippen LogP) is 3.53. The highest BCUT2D eigenvalue weighted by Gasteiger charge is 2.33. The van der Waals surface area contributed by atoms with Crippen LogP contribution in [0.2, 0.25) is 0 Å². The predicted molar refractivity (Wildman–Crippen MR) is 106 cm³/mol. The van der Waals surface area contributed by atoms with Crippen molar-refractivity contribution in [3.63, 3.8) is 0 Å². The van der Waals surface area contributed by atoms with Gasteiger partial charge in [0.1, 0.15) is 0 Å². The van der Waals surface area contributed by atoms with E-state index in [1.807, 2.05) is 4.90 Å². The standard InChI is InChI=1S/C20H30BrN3O/c1-15-14-23(20-8-10-22(11-9-20)17(3)25)12-13-24(15)16(2)18-4-6-19(21)7-5-18/h4-7,15-16,20H,8-14H2,1-3H3. The molecule has 0 bridgehead atoms. The third-order valence-corrected chi connectivity index (χ3v) is 6.52. The molecule has 1 aromatic carbocycles. The van der Waals surface area contributed by atoms with Crippen LogP contribution in [-0.4, -0.2) is 65.4 Å². The van der Waals surface area contributed by atoms with Crippen molar-refractivity contribution in [2.45, 2.75) is 51.7 Å². The molecule has 2 atom stereocenters. The minimum absolute atomic E-state index is 0.222. The lowest BCUT2D eigenvalue weighted by molar-refractivity contribution is -0.130. The fourth-order valence-electron chi connectivity index (χ4n) is 4.39. The molecule has 1 aromatic rings. The van der Waals surface area contributed by atoms with Crippen LogP contribution in [0.5, 0.6) is 0 Å². The van der Waals surface area contributed by atoms with Crippen molar-refractivity contribution in [1.82, 2.24) is 14.7 Å². The molecule has 1 amide bonds. The van der Waals surface area contributed by atoms with Crippen molar-refractivity contribution in [3.8, 4) is 0 Å². The van der Waals surface area contributed by atoms with Crippen LogP contribution in [0, 0.1) is 0 Å². The molecule has 5 heteroatoms. The van der Waals surface area contributed by atoms with E-state index >= 15 is 0 Å². The number of piperidine rings is 1. The number of carbonyl (C=O) groups excluding carboxylic acids is 1. The number of carbonyl (C=O) groups is 1. The SMILES string of the molecule is CC(=O)N1CCC(N2CCN(C(C)c3ccc(Br)cc3)C(C)C2)CC1. The van der Waals surface area contributed by atoms with Crippen LogP contribution in [0.15, 0.2) is 28.7 Å². The van der Waals surface area contributed by atoms with E-state index in [2.05, 4.69) is 63.8 Å². The van der Waals surface area contributed by atoms with Gasteiger partial charge in [0.25, 0.3) is 0 Å². The molecule has 0 aliphatic carbocycles. The molecule has 4 nitrogen and oxygen atoms in total. The molecule has 2 saturated heterocycles. The molecule has 2 aliphatic heterocycles. The first-order valence-electron chi connectivity index (χ1n) is 9.46. The first-order chi connectivity index (χ1) is 12.0. The van der Waals surface area contributed by atoms with Gasteiger partial charge in [0.2, 0.25) is 5.91 Å². The Labute approximate surface area is 160 Å². The fraction of sp³-hybridized carbons (Fsp3) is 0.650. The van der Waals surface area contributed by atoms with Gasteiger partial charge in [-0.3, -0.25) is 14.6 Å². The Kier molecular flexibility index (Phi) is 6.18. The summed E-state index contributed by atoms with van der Waals surface area (Å²) in [5.74, 6) is 0.222. The summed E-state index contributed by atoms with van der Waals surface area (Å²) in [5.41, 5.74) is 1.39. The molecule has 2 aliphatic rings. The number of nitrogens with zero attached hydrogens (tertiary/aromatic N) is 3. The zero-order valence-electron chi connectivity index (χ0n) is 15.6. The molecule has 0 saturated carbocycles. The highest BCUT2D eigenvalue weighted by molar-refractivity contribution is 9.10. The normalized spacial score (nSPS) is 25.1. The summed E-state index contributed by atoms with van der Waals surface area (Å²) in [6.07, 6.45) is 2.24. The molecule has 0 aromatic heterocycles. The highest BCUT2D eigenvalue weighted by Crippen LogP contribution is 2.28. The Morgan fingerprint density at radius 2 is 1.76 bits per heavy atom. The number of benzene rings is 1. The first kappa shape index (κ1) is 18.9. The van der Waals surface area contributed by atoms with Gasteiger partial charge in [-0.2, -0.15) is 0 Å². The highest BCUT2D eigenvalue weighted by atomic mass is 79.9. The maximum Gasteiger partial charge on any atom is 0.219 e. The lowest BCUT2D eigenvalue weighted by Crippen LogP contribution is -2.57. The van der Waals surface area contributed by atoms with Gasteiger partial charge in [-0.25, -0.2) is 0 Å². The van der Waals surface area contributed by atoms with E-state index in [9.17, 15) is 4.79 Å². The van der Waals surface area contributed by atoms with Gasteiger partial charge in [-0.1, -0.05) is 28.1 Å². The number of hydrogen-bond acceptors (Lipinski definition) is 3. The van der Waals surface area contributed by atoms with Crippen molar-refractivity contribution in [2.24, 2.45) is 0 Å². The monoisotopic (exact) mass is 407 g/mol. The topological polar surface area (TPSA) is 26.8 Å². The van der Waals surface area contributed by atoms with E-state index < -0.39 is 0 Å². The maximum absolute atomic E-state index is 11.5. The molecule has 0 spiro atoms. The molecule has 2 unspecified atom stereocenters. The van der Waals surface area contributed by atoms with Gasteiger partial charge in [0.05, 0.1) is 0 Å². The van der Waals surface area contributed by atoms with Crippen molar-refractivity contribution < 1.29 is 4.79 Å². The van der Waals surface area contributed by atoms with Gasteiger partial charge >= 0.3 is 0 Å². The lowest BCUT2D eigenvalue weighted by Gasteiger charge is -2.47. The van der Waals surface area contributed by atoms with Crippen LogP contribution >= 0.6 is 15.9 Å². The Bertz CT molecular complexity index is 583. The van der Waals surface area contributed by atoms with E-state index in [1.54, 1.807) is 6.92 Å². The minimum atomic E-state index is 0.222. The zero-order chi connectivity index (χ0) is 18.0. The quantitative estimate of drug-likeness (QED) is 0.766. The Hall–Kier alpha value is -0.910. The largest absolute Gasteiger partial charge is 0.343 e. The second-order valence-corrected chi connectivity index (χ2v) is 8.46. The second-order valence-electron chi connectivity index (χ2n) is 7.55. The number of rotatable bonds is 3. The minimum Gasteiger partial charge on any atom is -0.343 e. The van der Waals surface area contributed by atoms with Gasteiger partial charge in [0.15, 0.2) is 0 Å². The van der Waals surface area contributed by atoms with E-state index in [0.29, 0.717) is 18.1 Å². The van der Waals surface area contributed by atoms with Crippen LogP contribution in [0.4, 0.5) is 0 Å². The third kappa shape index (κ3) is 4.44. The van der Waals surface area contributed by atoms with Crippen LogP contribution in [0.25, 0.3) is 0 Å². The average molecular weight is 408 g/mol. The van der Waals surface area contributed by atoms with E-state index in [4.69, 9.17) is 0 Å². The summed E-state index contributed by atoms with van der Waals surface area (Å²) in [6.45, 7) is 11.6. The van der Waals surface area contributed by atoms with Crippen molar-refractivity contribution in [2.75, 3.05) is 32.7 Å². The summed E-state index contributed by atoms with van der Waals surface area (Å²) >= 11 is 3.52. The summed E-state index contributed by atoms with van der Waals surface area (Å²) in [4.78, 5) is 18.8. The zero-order valence-corrected chi connectivity index (χ0v) is 17.2. The van der Waals surface area contributed by atoms with Crippen molar-refractivity contribution in [1.29, 1.82) is 0 Å². The molecule has 2 fully saturated rings. The summed E-state index contributed by atoms with van der Waals surface area (Å²) < 4.78 is 1.14. The van der Waals surface area contributed by atoms with Gasteiger partial charge in [-0.05, 0) is 44.4 Å². The molecule has 25 heavy (non-hydrogen) atoms. The molecule has 138 valence electrons. The van der Waals surface area contributed by atoms with Crippen molar-refractivity contribution >= 4 is 21.8 Å². The lowest BCUT2D eigenvalue weighted by atomic mass is 9.99. The van der Waals surface area contributed by atoms with Gasteiger partial charge in [-0.15, -0.1) is 0 Å². The smallest absolute Gasteiger partial charge is 0.219 e. The maximum atomic E-state index is 11.5. The number of piperazine rings is 1. The van der Waals surface area contributed by atoms with Crippen LogP contribution in [0.1, 0.15) is 45.2 Å². The summed E-state index contributed by atoms with van der Waals surface area (Å²) in [6, 6.07) is 10.4. The van der Waals surface area contributed by atoms with Crippen LogP contribution < -0.4 is 0 Å². The molecular weight excluding hydrogens is 378 g/mol. The number of amides is 1. The van der Waals surface area contributed by atoms with Crippen LogP contribution in [-0.2, 0) is 4.79 Å². The van der Waals surface area contributed by atoms with Gasteiger partial charge in [0, 0.05) is 62.2 Å². The van der Waals surface area contributed by atoms with E-state index in [-0.39, 0.29) is 5.91 Å². The molecule has 2 heterocycles. The fourth-order valence-corrected chi connectivity index (χ4v) is 4.65. The van der Waals surface area contributed by atoms with E-state index in [1.165, 1.54) is 5.56 Å². The van der Waals surface area contributed by atoms with Crippen LogP contribution in [0.3, 0.4) is 0 Å². The average Bonchev–Trinajstić information content (AvgIpc) is 2.62. The van der Waals surface area contributed by atoms with E-state index in [0.717, 1.165) is 50.0 Å². The summed E-state index contributed by atoms with van der Waals surface area (Å²) in [7, 11) is 0. The first-order valence-corrected chi connectivity index (χ1v) is 10.3. The third-order valence-electron chi connectivity index (χ3n) is 5.99. The Morgan fingerprint density at radius 1 is 1.12 bits per heavy atom. The second kappa shape index (κ2) is 8.19. The molecular formula is C20H30BrN3O. The number of hydrogen-bond donors (Lipinski definition) is 0. The molecule has 0 N–H and O–H groups in total. The Balaban J connectivity index is 1.55. The Morgan fingerprint density at radius 3 is 2.32 bits per heavy atom. The van der Waals surface area contributed by atoms with Gasteiger partial charge < -0.3 is 4.90 Å².